The summed E-state index contributed by atoms with van der Waals surface area (Å²) in [5.74, 6) is 1.21. The predicted molar refractivity (Wildman–Crippen MR) is 79.7 cm³/mol. The van der Waals surface area contributed by atoms with Gasteiger partial charge in [-0.05, 0) is 20.5 Å². The van der Waals surface area contributed by atoms with Crippen LogP contribution in [0.15, 0.2) is 6.20 Å². The number of aldehydes is 1. The van der Waals surface area contributed by atoms with Crippen LogP contribution in [0.25, 0.3) is 0 Å². The maximum absolute atomic E-state index is 11.6. The smallest absolute Gasteiger partial charge is 0.257 e. The maximum Gasteiger partial charge on any atom is 0.257 e. The molecule has 0 aromatic carbocycles. The van der Waals surface area contributed by atoms with Gasteiger partial charge in [-0.25, -0.2) is 9.97 Å². The molecule has 0 bridgehead atoms. The van der Waals surface area contributed by atoms with Crippen LogP contribution < -0.4 is 20.3 Å². The number of anilines is 2. The van der Waals surface area contributed by atoms with Gasteiger partial charge in [0, 0.05) is 20.0 Å². The number of carbonyl (C=O) groups is 2. The van der Waals surface area contributed by atoms with Gasteiger partial charge >= 0.3 is 0 Å². The summed E-state index contributed by atoms with van der Waals surface area (Å²) in [7, 11) is 5.42. The van der Waals surface area contributed by atoms with E-state index >= 15 is 0 Å². The monoisotopic (exact) mass is 295 g/mol. The predicted octanol–water partition coefficient (Wildman–Crippen LogP) is 0.0584. The van der Waals surface area contributed by atoms with E-state index in [1.54, 1.807) is 11.9 Å². The molecule has 0 radical (unpaired) electrons. The molecule has 2 N–H and O–H groups in total. The molecule has 116 valence electrons. The summed E-state index contributed by atoms with van der Waals surface area (Å²) in [4.78, 5) is 31.8. The van der Waals surface area contributed by atoms with Gasteiger partial charge in [0.1, 0.15) is 6.61 Å². The van der Waals surface area contributed by atoms with Crippen molar-refractivity contribution in [2.45, 2.75) is 12.8 Å². The Balaban J connectivity index is 0.000000677. The van der Waals surface area contributed by atoms with Gasteiger partial charge in [0.2, 0.25) is 5.91 Å². The molecule has 1 aromatic heterocycles. The fourth-order valence-electron chi connectivity index (χ4n) is 1.77. The first-order valence-corrected chi connectivity index (χ1v) is 6.68. The van der Waals surface area contributed by atoms with Crippen molar-refractivity contribution in [2.24, 2.45) is 0 Å². The minimum absolute atomic E-state index is 0.0490. The summed E-state index contributed by atoms with van der Waals surface area (Å²) in [6.07, 6.45) is 3.49. The average molecular weight is 295 g/mol. The molecule has 1 amide bonds. The second-order valence-corrected chi connectivity index (χ2v) is 4.26. The van der Waals surface area contributed by atoms with Crippen molar-refractivity contribution >= 4 is 23.8 Å². The van der Waals surface area contributed by atoms with Gasteiger partial charge in [-0.1, -0.05) is 0 Å². The molecule has 2 rings (SSSR count). The van der Waals surface area contributed by atoms with Crippen molar-refractivity contribution in [1.82, 2.24) is 15.3 Å². The number of hydrogen-bond acceptors (Lipinski definition) is 7. The Bertz CT molecular complexity index is 481. The second kappa shape index (κ2) is 8.85. The van der Waals surface area contributed by atoms with Gasteiger partial charge in [0.25, 0.3) is 5.88 Å². The van der Waals surface area contributed by atoms with Gasteiger partial charge in [0.05, 0.1) is 6.20 Å². The minimum atomic E-state index is -0.0780. The van der Waals surface area contributed by atoms with E-state index in [-0.39, 0.29) is 18.4 Å². The standard InChI is InChI=1S/C11H14N4O3.C2H7N/c1-12-10-11(18-6-5-16)13-7-8(14-10)15-4-2-3-9(15)17;1-3-2/h5,7H,2-4,6H2,1H3,(H,12,14);3H,1-2H3. The number of ether oxygens (including phenoxy) is 1. The van der Waals surface area contributed by atoms with Gasteiger partial charge in [0.15, 0.2) is 17.9 Å². The lowest BCUT2D eigenvalue weighted by Gasteiger charge is -2.16. The molecule has 1 aliphatic heterocycles. The van der Waals surface area contributed by atoms with Crippen molar-refractivity contribution in [3.8, 4) is 5.88 Å². The summed E-state index contributed by atoms with van der Waals surface area (Å²) in [6, 6.07) is 0. The molecule has 21 heavy (non-hydrogen) atoms. The third-order valence-corrected chi connectivity index (χ3v) is 2.60. The first kappa shape index (κ1) is 16.8. The minimum Gasteiger partial charge on any atom is -0.467 e. The van der Waals surface area contributed by atoms with Crippen LogP contribution in [-0.2, 0) is 9.59 Å². The lowest BCUT2D eigenvalue weighted by Crippen LogP contribution is -2.25. The highest BCUT2D eigenvalue weighted by atomic mass is 16.5. The number of nitrogens with one attached hydrogen (secondary N) is 2. The molecule has 0 unspecified atom stereocenters. The zero-order valence-corrected chi connectivity index (χ0v) is 12.5. The van der Waals surface area contributed by atoms with E-state index in [0.29, 0.717) is 30.9 Å². The van der Waals surface area contributed by atoms with E-state index < -0.39 is 0 Å². The molecular formula is C13H21N5O3. The largest absolute Gasteiger partial charge is 0.467 e. The molecule has 2 heterocycles. The highest BCUT2D eigenvalue weighted by Gasteiger charge is 2.24. The summed E-state index contributed by atoms with van der Waals surface area (Å²) in [5, 5.41) is 5.58. The van der Waals surface area contributed by atoms with E-state index in [9.17, 15) is 9.59 Å². The Morgan fingerprint density at radius 1 is 1.43 bits per heavy atom. The first-order chi connectivity index (χ1) is 10.2. The third kappa shape index (κ3) is 4.67. The van der Waals surface area contributed by atoms with Crippen LogP contribution in [0.5, 0.6) is 5.88 Å². The van der Waals surface area contributed by atoms with Crippen LogP contribution >= 0.6 is 0 Å². The molecule has 1 aromatic rings. The Labute approximate surface area is 123 Å². The number of carbonyl (C=O) groups excluding carboxylic acids is 2. The molecule has 0 atom stereocenters. The number of nitrogens with zero attached hydrogens (tertiary/aromatic N) is 3. The molecule has 8 nitrogen and oxygen atoms in total. The summed E-state index contributed by atoms with van der Waals surface area (Å²) >= 11 is 0. The number of hydrogen-bond donors (Lipinski definition) is 2. The van der Waals surface area contributed by atoms with Crippen LogP contribution in [0.4, 0.5) is 11.6 Å². The fraction of sp³-hybridized carbons (Fsp3) is 0.538. The lowest BCUT2D eigenvalue weighted by molar-refractivity contribution is -0.117. The fourth-order valence-corrected chi connectivity index (χ4v) is 1.77. The molecule has 0 spiro atoms. The normalized spacial score (nSPS) is 13.5. The van der Waals surface area contributed by atoms with Crippen LogP contribution in [0.1, 0.15) is 12.8 Å². The third-order valence-electron chi connectivity index (χ3n) is 2.60. The van der Waals surface area contributed by atoms with Crippen molar-refractivity contribution in [3.63, 3.8) is 0 Å². The zero-order chi connectivity index (χ0) is 15.7. The lowest BCUT2D eigenvalue weighted by atomic mass is 10.4. The van der Waals surface area contributed by atoms with Crippen molar-refractivity contribution in [1.29, 1.82) is 0 Å². The molecule has 0 aliphatic carbocycles. The first-order valence-electron chi connectivity index (χ1n) is 6.68. The zero-order valence-electron chi connectivity index (χ0n) is 12.5. The average Bonchev–Trinajstić information content (AvgIpc) is 2.92. The highest BCUT2D eigenvalue weighted by molar-refractivity contribution is 5.94. The van der Waals surface area contributed by atoms with Gasteiger partial charge in [-0.2, -0.15) is 0 Å². The summed E-state index contributed by atoms with van der Waals surface area (Å²) in [5.41, 5.74) is 0. The Morgan fingerprint density at radius 3 is 2.67 bits per heavy atom. The topological polar surface area (TPSA) is 96.5 Å². The van der Waals surface area contributed by atoms with Crippen molar-refractivity contribution in [2.75, 3.05) is 44.5 Å². The summed E-state index contributed by atoms with van der Waals surface area (Å²) in [6.45, 7) is 0.580. The molecule has 1 aliphatic rings. The van der Waals surface area contributed by atoms with E-state index in [2.05, 4.69) is 20.6 Å². The van der Waals surface area contributed by atoms with Gasteiger partial charge in [-0.3, -0.25) is 14.5 Å². The van der Waals surface area contributed by atoms with E-state index in [1.165, 1.54) is 6.20 Å². The number of aromatic nitrogens is 2. The van der Waals surface area contributed by atoms with Crippen LogP contribution in [-0.4, -0.2) is 56.5 Å². The Hall–Kier alpha value is -2.22. The quantitative estimate of drug-likeness (QED) is 0.741. The van der Waals surface area contributed by atoms with Crippen LogP contribution in [0, 0.1) is 0 Å². The Kier molecular flexibility index (Phi) is 7.10. The molecular weight excluding hydrogens is 274 g/mol. The molecule has 8 heteroatoms. The number of amides is 1. The van der Waals surface area contributed by atoms with Gasteiger partial charge < -0.3 is 15.4 Å². The van der Waals surface area contributed by atoms with Gasteiger partial charge in [-0.15, -0.1) is 0 Å². The van der Waals surface area contributed by atoms with E-state index in [1.807, 2.05) is 14.1 Å². The highest BCUT2D eigenvalue weighted by Crippen LogP contribution is 2.24. The SMILES string of the molecule is CNC.CNc1nc(N2CCCC2=O)cnc1OCC=O. The number of rotatable bonds is 5. The van der Waals surface area contributed by atoms with E-state index in [4.69, 9.17) is 4.74 Å². The van der Waals surface area contributed by atoms with Crippen LogP contribution in [0.3, 0.4) is 0 Å². The van der Waals surface area contributed by atoms with Crippen LogP contribution in [0.2, 0.25) is 0 Å². The van der Waals surface area contributed by atoms with Crippen molar-refractivity contribution in [3.05, 3.63) is 6.20 Å². The maximum atomic E-state index is 11.6. The second-order valence-electron chi connectivity index (χ2n) is 4.26. The molecule has 1 saturated heterocycles. The Morgan fingerprint density at radius 2 is 2.14 bits per heavy atom. The molecule has 1 fully saturated rings. The summed E-state index contributed by atoms with van der Waals surface area (Å²) < 4.78 is 5.11. The molecule has 0 saturated carbocycles. The van der Waals surface area contributed by atoms with E-state index in [0.717, 1.165) is 6.42 Å². The van der Waals surface area contributed by atoms with Crippen molar-refractivity contribution < 1.29 is 14.3 Å².